The third kappa shape index (κ3) is 4.50. The summed E-state index contributed by atoms with van der Waals surface area (Å²) in [5.41, 5.74) is 3.32. The number of fused-ring (bicyclic) bond motifs is 1. The summed E-state index contributed by atoms with van der Waals surface area (Å²) < 4.78 is 34.9. The molecule has 1 saturated heterocycles. The lowest BCUT2D eigenvalue weighted by Gasteiger charge is -2.26. The molecule has 0 radical (unpaired) electrons. The van der Waals surface area contributed by atoms with Crippen LogP contribution in [0.4, 0.5) is 0 Å². The highest BCUT2D eigenvalue weighted by atomic mass is 32.2. The quantitative estimate of drug-likeness (QED) is 0.591. The van der Waals surface area contributed by atoms with Crippen molar-refractivity contribution in [1.82, 2.24) is 19.8 Å². The lowest BCUT2D eigenvalue weighted by molar-refractivity contribution is 0.0674. The van der Waals surface area contributed by atoms with Crippen LogP contribution < -0.4 is 4.72 Å². The number of aromatic nitrogens is 2. The maximum Gasteiger partial charge on any atom is 0.316 e. The van der Waals surface area contributed by atoms with Crippen LogP contribution in [0.15, 0.2) is 51.9 Å². The number of carbonyl (C=O) groups excluding carboxylic acids is 1. The van der Waals surface area contributed by atoms with Crippen molar-refractivity contribution in [2.24, 2.45) is 0 Å². The Morgan fingerprint density at radius 3 is 2.71 bits per heavy atom. The number of hydrogen-bond acceptors (Lipinski definition) is 6. The lowest BCUT2D eigenvalue weighted by Crippen LogP contribution is -2.35. The molecule has 1 amide bonds. The zero-order chi connectivity index (χ0) is 23.7. The molecule has 2 heterocycles. The Morgan fingerprint density at radius 2 is 1.88 bits per heavy atom. The molecule has 1 N–H and O–H groups in total. The van der Waals surface area contributed by atoms with Crippen LogP contribution in [0.1, 0.15) is 65.5 Å². The molecule has 1 aliphatic heterocycles. The van der Waals surface area contributed by atoms with Crippen molar-refractivity contribution in [1.29, 1.82) is 0 Å². The monoisotopic (exact) mass is 480 g/mol. The van der Waals surface area contributed by atoms with Gasteiger partial charge >= 0.3 is 11.8 Å². The van der Waals surface area contributed by atoms with E-state index in [1.165, 1.54) is 5.56 Å². The third-order valence-corrected chi connectivity index (χ3v) is 8.27. The van der Waals surface area contributed by atoms with Gasteiger partial charge in [0.1, 0.15) is 0 Å². The molecule has 8 nitrogen and oxygen atoms in total. The van der Waals surface area contributed by atoms with Crippen molar-refractivity contribution in [3.8, 4) is 11.4 Å². The number of nitrogens with zero attached hydrogens (tertiary/aromatic N) is 3. The van der Waals surface area contributed by atoms with Crippen LogP contribution in [0.3, 0.4) is 0 Å². The predicted molar refractivity (Wildman–Crippen MR) is 127 cm³/mol. The minimum atomic E-state index is -3.80. The second-order valence-corrected chi connectivity index (χ2v) is 10.7. The van der Waals surface area contributed by atoms with Crippen LogP contribution in [-0.2, 0) is 16.4 Å². The van der Waals surface area contributed by atoms with E-state index in [0.29, 0.717) is 24.2 Å². The van der Waals surface area contributed by atoms with Gasteiger partial charge in [-0.05, 0) is 68.2 Å². The van der Waals surface area contributed by atoms with Gasteiger partial charge in [0.2, 0.25) is 15.8 Å². The fourth-order valence-corrected chi connectivity index (χ4v) is 6.34. The average Bonchev–Trinajstić information content (AvgIpc) is 3.35. The standard InChI is InChI=1S/C25H28N4O4S/c1-17-12-13-19(23-26-24(33-27-23)25(30)29-14-5-2-6-15-29)16-22(17)34(31,32)28-21-11-7-9-18-8-3-4-10-20(18)21/h3-4,8,10,12-13,16,21,28H,2,5-7,9,11,14-15H2,1H3/t21-/m0/s1. The number of amides is 1. The number of nitrogens with one attached hydrogen (secondary N) is 1. The minimum Gasteiger partial charge on any atom is -0.334 e. The van der Waals surface area contributed by atoms with Gasteiger partial charge in [0.25, 0.3) is 0 Å². The van der Waals surface area contributed by atoms with Gasteiger partial charge < -0.3 is 9.42 Å². The molecule has 0 bridgehead atoms. The molecule has 3 aromatic rings. The molecular formula is C25H28N4O4S. The summed E-state index contributed by atoms with van der Waals surface area (Å²) in [4.78, 5) is 18.8. The summed E-state index contributed by atoms with van der Waals surface area (Å²) in [5, 5.41) is 3.95. The fraction of sp³-hybridized carbons (Fsp3) is 0.400. The Kier molecular flexibility index (Phi) is 6.22. The molecule has 5 rings (SSSR count). The van der Waals surface area contributed by atoms with E-state index in [4.69, 9.17) is 4.52 Å². The lowest BCUT2D eigenvalue weighted by atomic mass is 9.88. The first-order valence-electron chi connectivity index (χ1n) is 11.8. The van der Waals surface area contributed by atoms with Crippen molar-refractivity contribution >= 4 is 15.9 Å². The molecule has 1 fully saturated rings. The van der Waals surface area contributed by atoms with E-state index in [1.54, 1.807) is 30.0 Å². The van der Waals surface area contributed by atoms with Gasteiger partial charge in [0, 0.05) is 24.7 Å². The molecule has 34 heavy (non-hydrogen) atoms. The van der Waals surface area contributed by atoms with E-state index < -0.39 is 10.0 Å². The first-order valence-corrected chi connectivity index (χ1v) is 13.2. The second kappa shape index (κ2) is 9.31. The highest BCUT2D eigenvalue weighted by Crippen LogP contribution is 2.32. The molecular weight excluding hydrogens is 452 g/mol. The van der Waals surface area contributed by atoms with Gasteiger partial charge in [-0.15, -0.1) is 0 Å². The Balaban J connectivity index is 1.40. The average molecular weight is 481 g/mol. The Bertz CT molecular complexity index is 1310. The molecule has 0 unspecified atom stereocenters. The second-order valence-electron chi connectivity index (χ2n) is 9.02. The highest BCUT2D eigenvalue weighted by Gasteiger charge is 2.28. The molecule has 0 spiro atoms. The number of rotatable bonds is 5. The number of sulfonamides is 1. The van der Waals surface area contributed by atoms with Gasteiger partial charge in [0.15, 0.2) is 0 Å². The van der Waals surface area contributed by atoms with E-state index in [0.717, 1.165) is 44.1 Å². The molecule has 1 aromatic heterocycles. The van der Waals surface area contributed by atoms with Gasteiger partial charge in [-0.1, -0.05) is 41.6 Å². The number of likely N-dealkylation sites (tertiary alicyclic amines) is 1. The number of aryl methyl sites for hydroxylation is 2. The van der Waals surface area contributed by atoms with E-state index in [-0.39, 0.29) is 28.6 Å². The normalized spacial score (nSPS) is 18.5. The fourth-order valence-electron chi connectivity index (χ4n) is 4.82. The Labute approximate surface area is 199 Å². The number of piperidine rings is 1. The molecule has 178 valence electrons. The summed E-state index contributed by atoms with van der Waals surface area (Å²) in [6, 6.07) is 12.7. The van der Waals surface area contributed by atoms with Crippen molar-refractivity contribution < 1.29 is 17.7 Å². The number of hydrogen-bond donors (Lipinski definition) is 1. The van der Waals surface area contributed by atoms with Crippen LogP contribution in [0.2, 0.25) is 0 Å². The van der Waals surface area contributed by atoms with Crippen molar-refractivity contribution in [2.45, 2.75) is 56.4 Å². The van der Waals surface area contributed by atoms with Crippen LogP contribution >= 0.6 is 0 Å². The summed E-state index contributed by atoms with van der Waals surface area (Å²) in [6.45, 7) is 3.12. The van der Waals surface area contributed by atoms with Gasteiger partial charge in [-0.25, -0.2) is 13.1 Å². The van der Waals surface area contributed by atoms with Crippen molar-refractivity contribution in [3.05, 3.63) is 65.0 Å². The highest BCUT2D eigenvalue weighted by molar-refractivity contribution is 7.89. The molecule has 2 aliphatic rings. The van der Waals surface area contributed by atoms with Crippen LogP contribution in [-0.4, -0.2) is 42.5 Å². The van der Waals surface area contributed by atoms with Gasteiger partial charge in [-0.2, -0.15) is 4.98 Å². The van der Waals surface area contributed by atoms with Crippen LogP contribution in [0, 0.1) is 6.92 Å². The minimum absolute atomic E-state index is 0.0705. The summed E-state index contributed by atoms with van der Waals surface area (Å²) in [7, 11) is -3.80. The van der Waals surface area contributed by atoms with E-state index >= 15 is 0 Å². The van der Waals surface area contributed by atoms with Crippen LogP contribution in [0.25, 0.3) is 11.4 Å². The van der Waals surface area contributed by atoms with Gasteiger partial charge in [0.05, 0.1) is 4.90 Å². The number of benzene rings is 2. The number of carbonyl (C=O) groups is 1. The first-order chi connectivity index (χ1) is 16.4. The Hall–Kier alpha value is -3.04. The molecule has 9 heteroatoms. The van der Waals surface area contributed by atoms with Crippen molar-refractivity contribution in [3.63, 3.8) is 0 Å². The zero-order valence-electron chi connectivity index (χ0n) is 19.2. The predicted octanol–water partition coefficient (Wildman–Crippen LogP) is 4.03. The summed E-state index contributed by atoms with van der Waals surface area (Å²) >= 11 is 0. The largest absolute Gasteiger partial charge is 0.334 e. The summed E-state index contributed by atoms with van der Waals surface area (Å²) in [5.74, 6) is -0.158. The molecule has 1 atom stereocenters. The topological polar surface area (TPSA) is 105 Å². The summed E-state index contributed by atoms with van der Waals surface area (Å²) in [6.07, 6.45) is 5.68. The Morgan fingerprint density at radius 1 is 1.09 bits per heavy atom. The van der Waals surface area contributed by atoms with Gasteiger partial charge in [-0.3, -0.25) is 4.79 Å². The molecule has 2 aromatic carbocycles. The maximum atomic E-state index is 13.4. The van der Waals surface area contributed by atoms with Crippen LogP contribution in [0.5, 0.6) is 0 Å². The van der Waals surface area contributed by atoms with E-state index in [1.807, 2.05) is 18.2 Å². The smallest absolute Gasteiger partial charge is 0.316 e. The zero-order valence-corrected chi connectivity index (χ0v) is 20.0. The third-order valence-electron chi connectivity index (χ3n) is 6.65. The molecule has 0 saturated carbocycles. The molecule has 1 aliphatic carbocycles. The van der Waals surface area contributed by atoms with E-state index in [9.17, 15) is 13.2 Å². The maximum absolute atomic E-state index is 13.4. The first kappa shape index (κ1) is 22.7. The SMILES string of the molecule is Cc1ccc(-c2noc(C(=O)N3CCCCC3)n2)cc1S(=O)(=O)N[C@H]1CCCc2ccccc21. The van der Waals surface area contributed by atoms with E-state index in [2.05, 4.69) is 20.9 Å². The van der Waals surface area contributed by atoms with Crippen molar-refractivity contribution in [2.75, 3.05) is 13.1 Å².